The molecule has 1 aliphatic rings. The number of fused-ring (bicyclic) bond motifs is 1. The Kier molecular flexibility index (Phi) is 4.46. The summed E-state index contributed by atoms with van der Waals surface area (Å²) in [7, 11) is 0. The van der Waals surface area contributed by atoms with Crippen molar-refractivity contribution in [2.75, 3.05) is 0 Å². The average Bonchev–Trinajstić information content (AvgIpc) is 2.56. The summed E-state index contributed by atoms with van der Waals surface area (Å²) < 4.78 is 0. The number of hydrogen-bond acceptors (Lipinski definition) is 4. The second-order valence-electron chi connectivity index (χ2n) is 6.04. The maximum absolute atomic E-state index is 5.88. The van der Waals surface area contributed by atoms with Gasteiger partial charge in [0, 0.05) is 0 Å². The Morgan fingerprint density at radius 3 is 2.76 bits per heavy atom. The molecule has 3 unspecified atom stereocenters. The summed E-state index contributed by atoms with van der Waals surface area (Å²) >= 11 is 0. The molecule has 0 radical (unpaired) electrons. The van der Waals surface area contributed by atoms with E-state index < -0.39 is 0 Å². The first kappa shape index (κ1) is 14.4. The van der Waals surface area contributed by atoms with Crippen molar-refractivity contribution >= 4 is 11.0 Å². The Morgan fingerprint density at radius 1 is 1.24 bits per heavy atom. The fraction of sp³-hybridized carbons (Fsp3) is 0.529. The largest absolute Gasteiger partial charge is 0.271 e. The first-order valence-corrected chi connectivity index (χ1v) is 8.01. The molecule has 4 heteroatoms. The number of nitrogens with one attached hydrogen (secondary N) is 1. The minimum atomic E-state index is 0.104. The third-order valence-electron chi connectivity index (χ3n) is 4.89. The van der Waals surface area contributed by atoms with Crippen molar-refractivity contribution in [2.45, 2.75) is 45.1 Å². The normalized spacial score (nSPS) is 24.1. The molecule has 1 aromatic carbocycles. The Balaban J connectivity index is 1.93. The van der Waals surface area contributed by atoms with Crippen molar-refractivity contribution in [1.82, 2.24) is 15.4 Å². The predicted octanol–water partition coefficient (Wildman–Crippen LogP) is 3.35. The summed E-state index contributed by atoms with van der Waals surface area (Å²) in [6.45, 7) is 2.28. The summed E-state index contributed by atoms with van der Waals surface area (Å²) in [6, 6.07) is 8.10. The van der Waals surface area contributed by atoms with Gasteiger partial charge in [-0.1, -0.05) is 44.7 Å². The Morgan fingerprint density at radius 2 is 2.00 bits per heavy atom. The van der Waals surface area contributed by atoms with Crippen LogP contribution in [0.15, 0.2) is 30.5 Å². The molecule has 1 aliphatic carbocycles. The molecule has 3 N–H and O–H groups in total. The summed E-state index contributed by atoms with van der Waals surface area (Å²) in [5, 5.41) is 0. The fourth-order valence-electron chi connectivity index (χ4n) is 3.73. The first-order chi connectivity index (χ1) is 10.3. The quantitative estimate of drug-likeness (QED) is 0.667. The van der Waals surface area contributed by atoms with E-state index in [1.807, 2.05) is 30.5 Å². The highest BCUT2D eigenvalue weighted by Crippen LogP contribution is 2.39. The van der Waals surface area contributed by atoms with Crippen LogP contribution in [0.25, 0.3) is 11.0 Å². The van der Waals surface area contributed by atoms with Gasteiger partial charge < -0.3 is 0 Å². The minimum Gasteiger partial charge on any atom is -0.271 e. The zero-order valence-corrected chi connectivity index (χ0v) is 12.6. The van der Waals surface area contributed by atoms with Crippen LogP contribution in [0.2, 0.25) is 0 Å². The second kappa shape index (κ2) is 6.50. The molecule has 0 spiro atoms. The van der Waals surface area contributed by atoms with Crippen molar-refractivity contribution in [2.24, 2.45) is 17.7 Å². The van der Waals surface area contributed by atoms with Crippen LogP contribution >= 0.6 is 0 Å². The van der Waals surface area contributed by atoms with Crippen LogP contribution in [-0.4, -0.2) is 9.97 Å². The molecule has 0 amide bonds. The van der Waals surface area contributed by atoms with Crippen molar-refractivity contribution in [3.05, 3.63) is 36.2 Å². The lowest BCUT2D eigenvalue weighted by Gasteiger charge is -2.36. The van der Waals surface area contributed by atoms with E-state index in [-0.39, 0.29) is 6.04 Å². The van der Waals surface area contributed by atoms with Crippen molar-refractivity contribution in [3.63, 3.8) is 0 Å². The monoisotopic (exact) mass is 284 g/mol. The minimum absolute atomic E-state index is 0.104. The lowest BCUT2D eigenvalue weighted by molar-refractivity contribution is 0.173. The number of aromatic nitrogens is 2. The van der Waals surface area contributed by atoms with Gasteiger partial charge in [0.05, 0.1) is 29.0 Å². The van der Waals surface area contributed by atoms with Crippen LogP contribution in [-0.2, 0) is 0 Å². The highest BCUT2D eigenvalue weighted by atomic mass is 15.2. The second-order valence-corrected chi connectivity index (χ2v) is 6.04. The molecule has 0 aliphatic heterocycles. The number of hydrazine groups is 1. The van der Waals surface area contributed by atoms with Gasteiger partial charge in [0.2, 0.25) is 0 Å². The van der Waals surface area contributed by atoms with Crippen LogP contribution in [0, 0.1) is 11.8 Å². The Labute approximate surface area is 126 Å². The number of hydrogen-bond donors (Lipinski definition) is 2. The first-order valence-electron chi connectivity index (χ1n) is 8.01. The summed E-state index contributed by atoms with van der Waals surface area (Å²) in [6.07, 6.45) is 8.26. The van der Waals surface area contributed by atoms with Gasteiger partial charge in [0.25, 0.3) is 0 Å². The standard InChI is InChI=1S/C17H24N4/c1-2-12-7-3-4-8-13(12)17(21-18)16-11-19-14-9-5-6-10-15(14)20-16/h5-6,9-13,17,21H,2-4,7-8,18H2,1H3. The molecule has 4 nitrogen and oxygen atoms in total. The van der Waals surface area contributed by atoms with Crippen molar-refractivity contribution in [1.29, 1.82) is 0 Å². The van der Waals surface area contributed by atoms with E-state index in [4.69, 9.17) is 10.8 Å². The van der Waals surface area contributed by atoms with Gasteiger partial charge in [-0.15, -0.1) is 0 Å². The van der Waals surface area contributed by atoms with Gasteiger partial charge in [-0.3, -0.25) is 16.3 Å². The molecule has 21 heavy (non-hydrogen) atoms. The molecule has 0 bridgehead atoms. The summed E-state index contributed by atoms with van der Waals surface area (Å²) in [5.41, 5.74) is 5.87. The summed E-state index contributed by atoms with van der Waals surface area (Å²) in [4.78, 5) is 9.32. The third kappa shape index (κ3) is 2.92. The molecule has 1 fully saturated rings. The van der Waals surface area contributed by atoms with E-state index in [1.54, 1.807) is 0 Å². The van der Waals surface area contributed by atoms with E-state index in [2.05, 4.69) is 17.3 Å². The lowest BCUT2D eigenvalue weighted by atomic mass is 9.73. The maximum Gasteiger partial charge on any atom is 0.0890 e. The number of benzene rings is 1. The zero-order chi connectivity index (χ0) is 14.7. The predicted molar refractivity (Wildman–Crippen MR) is 85.3 cm³/mol. The van der Waals surface area contributed by atoms with Crippen LogP contribution in [0.3, 0.4) is 0 Å². The molecule has 2 aromatic rings. The number of nitrogens with two attached hydrogens (primary N) is 1. The van der Waals surface area contributed by atoms with E-state index >= 15 is 0 Å². The molecule has 1 aromatic heterocycles. The van der Waals surface area contributed by atoms with Crippen molar-refractivity contribution in [3.8, 4) is 0 Å². The topological polar surface area (TPSA) is 63.8 Å². The van der Waals surface area contributed by atoms with E-state index in [1.165, 1.54) is 32.1 Å². The maximum atomic E-state index is 5.88. The number of nitrogens with zero attached hydrogens (tertiary/aromatic N) is 2. The van der Waals surface area contributed by atoms with Gasteiger partial charge >= 0.3 is 0 Å². The molecule has 1 saturated carbocycles. The number of rotatable bonds is 4. The van der Waals surface area contributed by atoms with E-state index in [0.29, 0.717) is 5.92 Å². The van der Waals surface area contributed by atoms with Crippen LogP contribution in [0.5, 0.6) is 0 Å². The molecule has 0 saturated heterocycles. The van der Waals surface area contributed by atoms with Crippen LogP contribution in [0.4, 0.5) is 0 Å². The summed E-state index contributed by atoms with van der Waals surface area (Å²) in [5.74, 6) is 7.17. The SMILES string of the molecule is CCC1CCCCC1C(NN)c1cnc2ccccc2n1. The Hall–Kier alpha value is -1.52. The van der Waals surface area contributed by atoms with Gasteiger partial charge in [-0.25, -0.2) is 4.98 Å². The molecule has 112 valence electrons. The van der Waals surface area contributed by atoms with Gasteiger partial charge in [-0.05, 0) is 30.4 Å². The lowest BCUT2D eigenvalue weighted by Crippen LogP contribution is -2.38. The fourth-order valence-corrected chi connectivity index (χ4v) is 3.73. The molecule has 1 heterocycles. The Bertz CT molecular complexity index is 598. The van der Waals surface area contributed by atoms with Gasteiger partial charge in [0.15, 0.2) is 0 Å². The van der Waals surface area contributed by atoms with Crippen LogP contribution in [0.1, 0.15) is 50.8 Å². The third-order valence-corrected chi connectivity index (χ3v) is 4.89. The highest BCUT2D eigenvalue weighted by molar-refractivity contribution is 5.73. The molecule has 3 rings (SSSR count). The average molecular weight is 284 g/mol. The van der Waals surface area contributed by atoms with Crippen molar-refractivity contribution < 1.29 is 0 Å². The zero-order valence-electron chi connectivity index (χ0n) is 12.6. The van der Waals surface area contributed by atoms with Gasteiger partial charge in [0.1, 0.15) is 0 Å². The van der Waals surface area contributed by atoms with Gasteiger partial charge in [-0.2, -0.15) is 0 Å². The number of para-hydroxylation sites is 2. The van der Waals surface area contributed by atoms with E-state index in [9.17, 15) is 0 Å². The molecular formula is C17H24N4. The highest BCUT2D eigenvalue weighted by Gasteiger charge is 2.32. The smallest absolute Gasteiger partial charge is 0.0890 e. The van der Waals surface area contributed by atoms with Crippen LogP contribution < -0.4 is 11.3 Å². The van der Waals surface area contributed by atoms with E-state index in [0.717, 1.165) is 22.6 Å². The molecule has 3 atom stereocenters. The molecular weight excluding hydrogens is 260 g/mol.